The van der Waals surface area contributed by atoms with Crippen molar-refractivity contribution in [3.8, 4) is 0 Å². The van der Waals surface area contributed by atoms with Gasteiger partial charge in [0, 0.05) is 24.7 Å². The molecule has 3 saturated heterocycles. The average Bonchev–Trinajstić information content (AvgIpc) is 3.83. The lowest BCUT2D eigenvalue weighted by molar-refractivity contribution is -0.264. The lowest BCUT2D eigenvalue weighted by Gasteiger charge is -2.62. The predicted octanol–water partition coefficient (Wildman–Crippen LogP) is 9.77. The van der Waals surface area contributed by atoms with Crippen LogP contribution in [0.1, 0.15) is 214 Å². The minimum atomic E-state index is -1.07. The Bertz CT molecular complexity index is 1940. The van der Waals surface area contributed by atoms with Crippen molar-refractivity contribution in [2.45, 2.75) is 272 Å². The van der Waals surface area contributed by atoms with Crippen molar-refractivity contribution in [3.63, 3.8) is 0 Å². The van der Waals surface area contributed by atoms with Crippen molar-refractivity contribution in [2.24, 2.45) is 50.7 Å². The summed E-state index contributed by atoms with van der Waals surface area (Å²) in [7, 11) is 0. The summed E-state index contributed by atoms with van der Waals surface area (Å²) >= 11 is 0. The molecule has 8 bridgehead atoms. The number of carbonyl (C=O) groups is 5. The van der Waals surface area contributed by atoms with Crippen LogP contribution in [0.4, 0.5) is 0 Å². The molecule has 0 aromatic carbocycles. The normalized spacial score (nSPS) is 38.0. The average molecular weight is 1010 g/mol. The Morgan fingerprint density at radius 2 is 1.06 bits per heavy atom. The Labute approximate surface area is 424 Å². The number of fused-ring (bicyclic) bond motifs is 3. The van der Waals surface area contributed by atoms with Gasteiger partial charge >= 0.3 is 29.8 Å². The Kier molecular flexibility index (Phi) is 15.9. The van der Waals surface area contributed by atoms with E-state index in [1.165, 1.54) is 38.5 Å². The van der Waals surface area contributed by atoms with Crippen LogP contribution in [0, 0.1) is 50.7 Å². The van der Waals surface area contributed by atoms with Crippen molar-refractivity contribution >= 4 is 29.8 Å². The molecule has 3 aliphatic heterocycles. The monoisotopic (exact) mass is 1000 g/mol. The minimum absolute atomic E-state index is 0.00857. The third-order valence-corrected chi connectivity index (χ3v) is 18.7. The number of esters is 4. The first-order chi connectivity index (χ1) is 32.4. The van der Waals surface area contributed by atoms with Crippen LogP contribution in [0.3, 0.4) is 0 Å². The van der Waals surface area contributed by atoms with E-state index >= 15 is 0 Å². The highest BCUT2D eigenvalue weighted by atomic mass is 16.9. The number of ether oxygens (including phenoxy) is 7. The molecule has 15 nitrogen and oxygen atoms in total. The predicted molar refractivity (Wildman–Crippen MR) is 263 cm³/mol. The van der Waals surface area contributed by atoms with Gasteiger partial charge in [0.1, 0.15) is 17.3 Å². The summed E-state index contributed by atoms with van der Waals surface area (Å²) < 4.78 is 39.7. The summed E-state index contributed by atoms with van der Waals surface area (Å²) in [6.45, 7) is 30.5. The molecule has 0 radical (unpaired) electrons. The zero-order valence-electron chi connectivity index (χ0n) is 46.3. The highest BCUT2D eigenvalue weighted by Crippen LogP contribution is 2.65. The van der Waals surface area contributed by atoms with Gasteiger partial charge in [0.25, 0.3) is 0 Å². The lowest BCUT2D eigenvalue weighted by atomic mass is 9.46. The number of hydrogen-bond donors (Lipinski definition) is 3. The molecule has 11 aliphatic rings. The van der Waals surface area contributed by atoms with Crippen LogP contribution < -0.4 is 0 Å². The van der Waals surface area contributed by atoms with E-state index < -0.39 is 87.4 Å². The molecular formula is C56H92O15. The fraction of sp³-hybridized carbons (Fsp3) is 0.911. The highest BCUT2D eigenvalue weighted by molar-refractivity contribution is 5.84. The topological polar surface area (TPSA) is 211 Å². The zero-order chi connectivity index (χ0) is 53.3. The van der Waals surface area contributed by atoms with Gasteiger partial charge in [0.15, 0.2) is 24.3 Å². The molecular weight excluding hydrogens is 913 g/mol. The molecule has 11 rings (SSSR count). The van der Waals surface area contributed by atoms with Crippen LogP contribution in [-0.2, 0) is 57.1 Å². The second kappa shape index (κ2) is 19.7. The third kappa shape index (κ3) is 12.0. The largest absolute Gasteiger partial charge is 0.481 e. The number of carboxylic acid groups (broad SMARTS) is 1. The first-order valence-corrected chi connectivity index (χ1v) is 27.0. The summed E-state index contributed by atoms with van der Waals surface area (Å²) in [5.41, 5.74) is -4.47. The van der Waals surface area contributed by atoms with Gasteiger partial charge in [-0.3, -0.25) is 19.2 Å². The molecule has 3 N–H and O–H groups in total. The van der Waals surface area contributed by atoms with E-state index in [1.54, 1.807) is 41.5 Å². The molecule has 0 aromatic rings. The summed E-state index contributed by atoms with van der Waals surface area (Å²) in [5.74, 6) is 0.211. The van der Waals surface area contributed by atoms with E-state index in [4.69, 9.17) is 38.3 Å². The summed E-state index contributed by atoms with van der Waals surface area (Å²) in [6, 6.07) is 0. The third-order valence-electron chi connectivity index (χ3n) is 18.7. The number of hydrogen-bond acceptors (Lipinski definition) is 14. The van der Waals surface area contributed by atoms with Gasteiger partial charge in [-0.25, -0.2) is 4.79 Å². The van der Waals surface area contributed by atoms with E-state index in [0.29, 0.717) is 32.1 Å². The van der Waals surface area contributed by atoms with E-state index in [2.05, 4.69) is 20.8 Å². The number of aliphatic carboxylic acids is 1. The maximum atomic E-state index is 12.6. The van der Waals surface area contributed by atoms with Crippen molar-refractivity contribution in [2.75, 3.05) is 0 Å². The Balaban J connectivity index is 0.000000162. The Hall–Kier alpha value is -2.85. The zero-order valence-corrected chi connectivity index (χ0v) is 46.3. The van der Waals surface area contributed by atoms with Crippen LogP contribution in [0.5, 0.6) is 0 Å². The number of aliphatic hydroxyl groups is 2. The SMILES string of the molecule is CCC(C)(C)C(=O)O.CCC(C)(C)C(=O)OC(C)(C)C12CC3CC(CC(C3)C1)C2.CCC(C)(C)C(=O)OC12CC3CC(O)(CC(O)(C3)C1)C2.CCC(C)(C)C(=O)O[C@@H]1C(=O)O[C@@H]2[C@H]3OC(C)(C)O[C@H]3O[C@@H]21. The Morgan fingerprint density at radius 1 is 0.592 bits per heavy atom. The maximum Gasteiger partial charge on any atom is 0.350 e. The summed E-state index contributed by atoms with van der Waals surface area (Å²) in [4.78, 5) is 59.4. The van der Waals surface area contributed by atoms with Gasteiger partial charge in [-0.2, -0.15) is 0 Å². The summed E-state index contributed by atoms with van der Waals surface area (Å²) in [5, 5.41) is 29.8. The fourth-order valence-electron chi connectivity index (χ4n) is 13.2. The fourth-order valence-corrected chi connectivity index (χ4v) is 13.2. The van der Waals surface area contributed by atoms with Gasteiger partial charge in [-0.05, 0) is 190 Å². The number of carboxylic acids is 1. The molecule has 2 unspecified atom stereocenters. The van der Waals surface area contributed by atoms with Crippen molar-refractivity contribution < 1.29 is 72.5 Å². The van der Waals surface area contributed by atoms with Gasteiger partial charge < -0.3 is 48.5 Å². The highest BCUT2D eigenvalue weighted by Gasteiger charge is 2.66. The van der Waals surface area contributed by atoms with E-state index in [1.807, 2.05) is 48.5 Å². The molecule has 0 aromatic heterocycles. The molecule has 0 spiro atoms. The first-order valence-electron chi connectivity index (χ1n) is 27.0. The molecule has 8 saturated carbocycles. The smallest absolute Gasteiger partial charge is 0.350 e. The van der Waals surface area contributed by atoms with Crippen LogP contribution in [0.15, 0.2) is 0 Å². The van der Waals surface area contributed by atoms with E-state index in [9.17, 15) is 34.2 Å². The maximum absolute atomic E-state index is 12.6. The second-order valence-electron chi connectivity index (χ2n) is 27.2. The van der Waals surface area contributed by atoms with Crippen molar-refractivity contribution in [1.29, 1.82) is 0 Å². The quantitative estimate of drug-likeness (QED) is 0.123. The van der Waals surface area contributed by atoms with Gasteiger partial charge in [0.2, 0.25) is 6.10 Å². The molecule has 3 heterocycles. The van der Waals surface area contributed by atoms with Crippen LogP contribution in [-0.4, -0.2) is 104 Å². The number of rotatable bonds is 12. The van der Waals surface area contributed by atoms with Crippen LogP contribution in [0.2, 0.25) is 0 Å². The molecule has 71 heavy (non-hydrogen) atoms. The van der Waals surface area contributed by atoms with E-state index in [-0.39, 0.29) is 34.3 Å². The van der Waals surface area contributed by atoms with Crippen molar-refractivity contribution in [1.82, 2.24) is 0 Å². The first kappa shape index (κ1) is 57.4. The molecule has 15 heteroatoms. The van der Waals surface area contributed by atoms with E-state index in [0.717, 1.165) is 49.9 Å². The van der Waals surface area contributed by atoms with Gasteiger partial charge in [0.05, 0.1) is 32.9 Å². The summed E-state index contributed by atoms with van der Waals surface area (Å²) in [6.07, 6.45) is 11.2. The van der Waals surface area contributed by atoms with Gasteiger partial charge in [-0.1, -0.05) is 27.7 Å². The standard InChI is InChI=1S/C19H32O2.C16H26O4.C15H22O7.C6H12O2/c1-6-17(2,3)16(20)21-18(4,5)19-10-13-7-14(11-19)9-15(8-13)12-19;1-4-13(2,3)12(17)20-16-7-11-5-14(18,9-16)8-15(19,6-11)10-16;1-6-14(2,3)13(17)20-9-7-8(18-11(9)16)10-12(19-7)22-15(4,5)21-10;1-4-6(2,3)5(7)8/h13-15H,6-12H2,1-5H3;11,18-19H,4-10H2,1-3H3;7-10,12H,6H2,1-5H3;4H2,1-3H3,(H,7,8)/t;;7-,8-,9-,10+,12+;/m..0./s1. The van der Waals surface area contributed by atoms with Gasteiger partial charge in [-0.15, -0.1) is 0 Å². The van der Waals surface area contributed by atoms with Crippen LogP contribution >= 0.6 is 0 Å². The molecule has 406 valence electrons. The minimum Gasteiger partial charge on any atom is -0.481 e. The Morgan fingerprint density at radius 3 is 1.49 bits per heavy atom. The number of carbonyl (C=O) groups excluding carboxylic acids is 4. The van der Waals surface area contributed by atoms with Crippen LogP contribution in [0.25, 0.3) is 0 Å². The molecule has 7 atom stereocenters. The molecule has 8 aliphatic carbocycles. The molecule has 11 fully saturated rings. The lowest BCUT2D eigenvalue weighted by Crippen LogP contribution is -2.67. The molecule has 0 amide bonds. The second-order valence-corrected chi connectivity index (χ2v) is 27.2. The van der Waals surface area contributed by atoms with Crippen molar-refractivity contribution in [3.05, 3.63) is 0 Å².